The second-order valence-electron chi connectivity index (χ2n) is 4.87. The maximum absolute atomic E-state index is 11.9. The molecule has 0 saturated heterocycles. The summed E-state index contributed by atoms with van der Waals surface area (Å²) >= 11 is 0. The van der Waals surface area contributed by atoms with E-state index < -0.39 is 0 Å². The molecule has 4 N–H and O–H groups in total. The second-order valence-corrected chi connectivity index (χ2v) is 4.87. The Morgan fingerprint density at radius 1 is 1.35 bits per heavy atom. The molecule has 0 bridgehead atoms. The molecular formula is C12H23N3O2. The minimum Gasteiger partial charge on any atom is -0.369 e. The lowest BCUT2D eigenvalue weighted by molar-refractivity contribution is -0.128. The monoisotopic (exact) mass is 241 g/mol. The summed E-state index contributed by atoms with van der Waals surface area (Å²) in [6.07, 6.45) is 3.72. The van der Waals surface area contributed by atoms with Crippen LogP contribution in [0.5, 0.6) is 0 Å². The van der Waals surface area contributed by atoms with E-state index in [9.17, 15) is 9.59 Å². The smallest absolute Gasteiger partial charge is 0.224 e. The molecule has 98 valence electrons. The quantitative estimate of drug-likeness (QED) is 0.633. The average molecular weight is 241 g/mol. The van der Waals surface area contributed by atoms with Crippen molar-refractivity contribution in [2.75, 3.05) is 13.6 Å². The Morgan fingerprint density at radius 3 is 2.59 bits per heavy atom. The Labute approximate surface area is 103 Å². The zero-order valence-electron chi connectivity index (χ0n) is 10.7. The van der Waals surface area contributed by atoms with Gasteiger partial charge in [0.2, 0.25) is 11.8 Å². The van der Waals surface area contributed by atoms with E-state index in [4.69, 9.17) is 5.73 Å². The minimum atomic E-state index is -0.295. The Kier molecular flexibility index (Phi) is 5.41. The van der Waals surface area contributed by atoms with Gasteiger partial charge in [-0.2, -0.15) is 0 Å². The fraction of sp³-hybridized carbons (Fsp3) is 0.833. The third-order valence-corrected chi connectivity index (χ3v) is 3.42. The number of carbonyl (C=O) groups excluding carboxylic acids is 2. The molecule has 17 heavy (non-hydrogen) atoms. The van der Waals surface area contributed by atoms with Crippen LogP contribution >= 0.6 is 0 Å². The molecule has 0 aromatic carbocycles. The topological polar surface area (TPSA) is 84.2 Å². The van der Waals surface area contributed by atoms with Gasteiger partial charge in [-0.1, -0.05) is 19.8 Å². The summed E-state index contributed by atoms with van der Waals surface area (Å²) in [4.78, 5) is 23.2. The number of hydrogen-bond donors (Lipinski definition) is 3. The summed E-state index contributed by atoms with van der Waals surface area (Å²) in [5.41, 5.74) is 5.37. The van der Waals surface area contributed by atoms with Gasteiger partial charge in [0.1, 0.15) is 0 Å². The lowest BCUT2D eigenvalue weighted by Gasteiger charge is -2.30. The summed E-state index contributed by atoms with van der Waals surface area (Å²) in [6.45, 7) is 2.51. The van der Waals surface area contributed by atoms with Gasteiger partial charge < -0.3 is 16.4 Å². The van der Waals surface area contributed by atoms with Gasteiger partial charge in [-0.15, -0.1) is 0 Å². The number of nitrogens with one attached hydrogen (secondary N) is 2. The third kappa shape index (κ3) is 4.00. The predicted molar refractivity (Wildman–Crippen MR) is 66.2 cm³/mol. The van der Waals surface area contributed by atoms with Crippen molar-refractivity contribution in [1.82, 2.24) is 10.6 Å². The zero-order valence-corrected chi connectivity index (χ0v) is 10.7. The third-order valence-electron chi connectivity index (χ3n) is 3.42. The predicted octanol–water partition coefficient (Wildman–Crippen LogP) is 0.00220. The molecular weight excluding hydrogens is 218 g/mol. The highest BCUT2D eigenvalue weighted by Crippen LogP contribution is 2.24. The van der Waals surface area contributed by atoms with Gasteiger partial charge in [0.15, 0.2) is 0 Å². The Morgan fingerprint density at radius 2 is 2.00 bits per heavy atom. The van der Waals surface area contributed by atoms with Crippen molar-refractivity contribution in [2.45, 2.75) is 38.6 Å². The number of hydrogen-bond acceptors (Lipinski definition) is 3. The van der Waals surface area contributed by atoms with Crippen molar-refractivity contribution in [3.8, 4) is 0 Å². The summed E-state index contributed by atoms with van der Waals surface area (Å²) in [6, 6.07) is -0.0759. The molecule has 5 heteroatoms. The summed E-state index contributed by atoms with van der Waals surface area (Å²) in [5.74, 6) is -0.585. The first-order chi connectivity index (χ1) is 8.06. The highest BCUT2D eigenvalue weighted by atomic mass is 16.2. The molecule has 0 radical (unpaired) electrons. The Balaban J connectivity index is 2.52. The zero-order chi connectivity index (χ0) is 12.8. The fourth-order valence-corrected chi connectivity index (χ4v) is 2.37. The number of amides is 2. The van der Waals surface area contributed by atoms with Crippen LogP contribution in [0, 0.1) is 11.8 Å². The molecule has 5 nitrogen and oxygen atoms in total. The minimum absolute atomic E-state index is 0.00231. The first kappa shape index (κ1) is 14.0. The van der Waals surface area contributed by atoms with Crippen LogP contribution in [0.2, 0.25) is 0 Å². The van der Waals surface area contributed by atoms with Crippen molar-refractivity contribution >= 4 is 11.8 Å². The van der Waals surface area contributed by atoms with Crippen LogP contribution in [-0.4, -0.2) is 31.4 Å². The SMILES string of the molecule is CNCC(C)C(=O)NC1CCCCC1C(N)=O. The van der Waals surface area contributed by atoms with Crippen molar-refractivity contribution in [3.05, 3.63) is 0 Å². The molecule has 3 unspecified atom stereocenters. The maximum Gasteiger partial charge on any atom is 0.224 e. The van der Waals surface area contributed by atoms with Crippen LogP contribution in [0.4, 0.5) is 0 Å². The highest BCUT2D eigenvalue weighted by Gasteiger charge is 2.31. The normalized spacial score (nSPS) is 26.2. The van der Waals surface area contributed by atoms with E-state index in [1.807, 2.05) is 14.0 Å². The van der Waals surface area contributed by atoms with E-state index in [0.29, 0.717) is 6.54 Å². The number of rotatable bonds is 5. The van der Waals surface area contributed by atoms with Gasteiger partial charge in [0, 0.05) is 18.5 Å². The standard InChI is InChI=1S/C12H23N3O2/c1-8(7-14-2)12(17)15-10-6-4-3-5-9(10)11(13)16/h8-10,14H,3-7H2,1-2H3,(H2,13,16)(H,15,17). The number of primary amides is 1. The van der Waals surface area contributed by atoms with Crippen LogP contribution in [0.15, 0.2) is 0 Å². The van der Waals surface area contributed by atoms with Crippen molar-refractivity contribution < 1.29 is 9.59 Å². The molecule has 3 atom stereocenters. The van der Waals surface area contributed by atoms with Crippen molar-refractivity contribution in [3.63, 3.8) is 0 Å². The summed E-state index contributed by atoms with van der Waals surface area (Å²) < 4.78 is 0. The highest BCUT2D eigenvalue weighted by molar-refractivity contribution is 5.81. The van der Waals surface area contributed by atoms with E-state index in [2.05, 4.69) is 10.6 Å². The summed E-state index contributed by atoms with van der Waals surface area (Å²) in [7, 11) is 1.82. The number of carbonyl (C=O) groups is 2. The molecule has 2 amide bonds. The van der Waals surface area contributed by atoms with E-state index in [0.717, 1.165) is 25.7 Å². The molecule has 1 rings (SSSR count). The molecule has 1 aliphatic rings. The van der Waals surface area contributed by atoms with Crippen molar-refractivity contribution in [1.29, 1.82) is 0 Å². The van der Waals surface area contributed by atoms with E-state index in [1.54, 1.807) is 0 Å². The molecule has 1 aliphatic carbocycles. The van der Waals surface area contributed by atoms with Gasteiger partial charge in [0.05, 0.1) is 5.92 Å². The molecule has 1 saturated carbocycles. The van der Waals surface area contributed by atoms with Crippen LogP contribution in [0.1, 0.15) is 32.6 Å². The molecule has 0 spiro atoms. The van der Waals surface area contributed by atoms with Crippen LogP contribution in [-0.2, 0) is 9.59 Å². The van der Waals surface area contributed by atoms with Gasteiger partial charge >= 0.3 is 0 Å². The van der Waals surface area contributed by atoms with Gasteiger partial charge in [0.25, 0.3) is 0 Å². The van der Waals surface area contributed by atoms with Crippen LogP contribution in [0.3, 0.4) is 0 Å². The van der Waals surface area contributed by atoms with E-state index in [1.165, 1.54) is 0 Å². The molecule has 0 aliphatic heterocycles. The molecule has 0 heterocycles. The Hall–Kier alpha value is -1.10. The first-order valence-electron chi connectivity index (χ1n) is 6.30. The lowest BCUT2D eigenvalue weighted by atomic mass is 9.84. The fourth-order valence-electron chi connectivity index (χ4n) is 2.37. The number of nitrogens with two attached hydrogens (primary N) is 1. The second kappa shape index (κ2) is 6.59. The average Bonchev–Trinajstić information content (AvgIpc) is 2.29. The van der Waals surface area contributed by atoms with Gasteiger partial charge in [-0.05, 0) is 19.9 Å². The van der Waals surface area contributed by atoms with Gasteiger partial charge in [-0.25, -0.2) is 0 Å². The largest absolute Gasteiger partial charge is 0.369 e. The molecule has 0 aromatic rings. The first-order valence-corrected chi connectivity index (χ1v) is 6.30. The Bertz CT molecular complexity index is 281. The summed E-state index contributed by atoms with van der Waals surface area (Å²) in [5, 5.41) is 5.92. The van der Waals surface area contributed by atoms with E-state index in [-0.39, 0.29) is 29.7 Å². The van der Waals surface area contributed by atoms with Crippen LogP contribution in [0.25, 0.3) is 0 Å². The van der Waals surface area contributed by atoms with Gasteiger partial charge in [-0.3, -0.25) is 9.59 Å². The maximum atomic E-state index is 11.9. The van der Waals surface area contributed by atoms with Crippen LogP contribution < -0.4 is 16.4 Å². The molecule has 1 fully saturated rings. The van der Waals surface area contributed by atoms with E-state index >= 15 is 0 Å². The van der Waals surface area contributed by atoms with Crippen molar-refractivity contribution in [2.24, 2.45) is 17.6 Å². The lowest BCUT2D eigenvalue weighted by Crippen LogP contribution is -2.49. The molecule has 0 aromatic heterocycles.